The van der Waals surface area contributed by atoms with Crippen LogP contribution in [-0.2, 0) is 16.1 Å². The minimum absolute atomic E-state index is 0.0329. The van der Waals surface area contributed by atoms with E-state index >= 15 is 8.78 Å². The van der Waals surface area contributed by atoms with Crippen molar-refractivity contribution < 1.29 is 32.3 Å². The van der Waals surface area contributed by atoms with E-state index in [0.29, 0.717) is 11.0 Å². The molecule has 0 aliphatic heterocycles. The summed E-state index contributed by atoms with van der Waals surface area (Å²) in [5, 5.41) is 0. The van der Waals surface area contributed by atoms with Gasteiger partial charge in [0.25, 0.3) is 5.56 Å². The molecule has 4 rings (SSSR count). The molecule has 0 saturated heterocycles. The van der Waals surface area contributed by atoms with Gasteiger partial charge in [-0.15, -0.1) is 0 Å². The lowest BCUT2D eigenvalue weighted by atomic mass is 10.0. The molecular formula is C29H24F3N3O5. The lowest BCUT2D eigenvalue weighted by molar-refractivity contribution is -0.150. The third-order valence-corrected chi connectivity index (χ3v) is 5.76. The predicted molar refractivity (Wildman–Crippen MR) is 141 cm³/mol. The van der Waals surface area contributed by atoms with Crippen molar-refractivity contribution in [1.29, 1.82) is 0 Å². The van der Waals surface area contributed by atoms with Crippen molar-refractivity contribution in [2.45, 2.75) is 12.8 Å². The van der Waals surface area contributed by atoms with Crippen molar-refractivity contribution in [3.8, 4) is 11.4 Å². The van der Waals surface area contributed by atoms with Crippen LogP contribution >= 0.6 is 0 Å². The molecule has 206 valence electrons. The van der Waals surface area contributed by atoms with Crippen LogP contribution in [0.4, 0.5) is 19.0 Å². The van der Waals surface area contributed by atoms with E-state index in [-0.39, 0.29) is 36.4 Å². The SMILES string of the molecule is Nc1c(C(=O)c2ccc(F)cc2)ccc(=O)n1-c1c(F)cc(OCCCNOC(=O)Cc2ccccc2)cc1F. The van der Waals surface area contributed by atoms with Crippen molar-refractivity contribution in [1.82, 2.24) is 10.0 Å². The first-order chi connectivity index (χ1) is 19.2. The van der Waals surface area contributed by atoms with Crippen LogP contribution in [0.1, 0.15) is 27.9 Å². The number of ketones is 1. The summed E-state index contributed by atoms with van der Waals surface area (Å²) >= 11 is 0. The number of hydrogen-bond acceptors (Lipinski definition) is 7. The molecule has 11 heteroatoms. The molecule has 3 N–H and O–H groups in total. The molecule has 40 heavy (non-hydrogen) atoms. The molecule has 0 spiro atoms. The van der Waals surface area contributed by atoms with Crippen LogP contribution < -0.4 is 21.5 Å². The number of hydroxylamine groups is 1. The molecule has 4 aromatic rings. The summed E-state index contributed by atoms with van der Waals surface area (Å²) in [6.07, 6.45) is 0.440. The van der Waals surface area contributed by atoms with Gasteiger partial charge in [-0.1, -0.05) is 30.3 Å². The fraction of sp³-hybridized carbons (Fsp3) is 0.138. The van der Waals surface area contributed by atoms with E-state index in [9.17, 15) is 18.8 Å². The molecule has 0 fully saturated rings. The van der Waals surface area contributed by atoms with Gasteiger partial charge >= 0.3 is 5.97 Å². The molecule has 0 unspecified atom stereocenters. The van der Waals surface area contributed by atoms with Crippen molar-refractivity contribution in [2.24, 2.45) is 0 Å². The second-order valence-corrected chi connectivity index (χ2v) is 8.61. The summed E-state index contributed by atoms with van der Waals surface area (Å²) < 4.78 is 49.2. The number of halogens is 3. The average Bonchev–Trinajstić information content (AvgIpc) is 2.92. The summed E-state index contributed by atoms with van der Waals surface area (Å²) in [5.74, 6) is -4.62. The number of ether oxygens (including phenoxy) is 1. The Bertz CT molecular complexity index is 1550. The summed E-state index contributed by atoms with van der Waals surface area (Å²) in [4.78, 5) is 42.1. The standard InChI is InChI=1S/C29H24F3N3O5/c30-20-9-7-19(8-10-20)28(38)22-11-12-25(36)35(29(22)33)27-23(31)16-21(17-24(27)32)39-14-4-13-34-40-26(37)15-18-5-2-1-3-6-18/h1-3,5-12,16-17,34H,4,13-15,33H2. The van der Waals surface area contributed by atoms with Crippen LogP contribution in [0.2, 0.25) is 0 Å². The van der Waals surface area contributed by atoms with Crippen molar-refractivity contribution in [3.63, 3.8) is 0 Å². The van der Waals surface area contributed by atoms with E-state index < -0.39 is 46.3 Å². The Labute approximate surface area is 226 Å². The fourth-order valence-electron chi connectivity index (χ4n) is 3.84. The van der Waals surface area contributed by atoms with Gasteiger partial charge in [0.05, 0.1) is 18.6 Å². The maximum Gasteiger partial charge on any atom is 0.329 e. The van der Waals surface area contributed by atoms with Gasteiger partial charge in [-0.25, -0.2) is 13.2 Å². The Morgan fingerprint density at radius 3 is 2.25 bits per heavy atom. The van der Waals surface area contributed by atoms with E-state index in [0.717, 1.165) is 42.0 Å². The van der Waals surface area contributed by atoms with Crippen LogP contribution in [0.3, 0.4) is 0 Å². The predicted octanol–water partition coefficient (Wildman–Crippen LogP) is 4.13. The Morgan fingerprint density at radius 2 is 1.57 bits per heavy atom. The Morgan fingerprint density at radius 1 is 0.900 bits per heavy atom. The number of pyridine rings is 1. The monoisotopic (exact) mass is 551 g/mol. The smallest absolute Gasteiger partial charge is 0.329 e. The molecule has 0 saturated carbocycles. The second kappa shape index (κ2) is 12.8. The van der Waals surface area contributed by atoms with Crippen LogP contribution in [0.25, 0.3) is 5.69 Å². The highest BCUT2D eigenvalue weighted by molar-refractivity contribution is 6.11. The maximum absolute atomic E-state index is 15.0. The number of nitrogen functional groups attached to an aromatic ring is 1. The molecule has 3 aromatic carbocycles. The molecule has 0 radical (unpaired) electrons. The fourth-order valence-corrected chi connectivity index (χ4v) is 3.84. The number of hydrogen-bond donors (Lipinski definition) is 2. The molecule has 1 heterocycles. The summed E-state index contributed by atoms with van der Waals surface area (Å²) in [7, 11) is 0. The van der Waals surface area contributed by atoms with Gasteiger partial charge in [-0.3, -0.25) is 19.0 Å². The quantitative estimate of drug-likeness (QED) is 0.164. The van der Waals surface area contributed by atoms with Crippen molar-refractivity contribution in [2.75, 3.05) is 18.9 Å². The maximum atomic E-state index is 15.0. The summed E-state index contributed by atoms with van der Waals surface area (Å²) in [5.41, 5.74) is 7.56. The van der Waals surface area contributed by atoms with Gasteiger partial charge < -0.3 is 15.3 Å². The molecule has 0 amide bonds. The van der Waals surface area contributed by atoms with Gasteiger partial charge in [0.2, 0.25) is 0 Å². The number of nitrogens with zero attached hydrogens (tertiary/aromatic N) is 1. The molecule has 0 aliphatic carbocycles. The average molecular weight is 552 g/mol. The largest absolute Gasteiger partial charge is 0.493 e. The normalized spacial score (nSPS) is 10.8. The Balaban J connectivity index is 1.38. The lowest BCUT2D eigenvalue weighted by Gasteiger charge is -2.15. The van der Waals surface area contributed by atoms with Gasteiger partial charge in [-0.2, -0.15) is 5.48 Å². The van der Waals surface area contributed by atoms with Crippen LogP contribution in [0.15, 0.2) is 83.7 Å². The minimum atomic E-state index is -1.15. The zero-order valence-corrected chi connectivity index (χ0v) is 21.0. The highest BCUT2D eigenvalue weighted by Gasteiger charge is 2.22. The number of nitrogens with two attached hydrogens (primary N) is 1. The first-order valence-electron chi connectivity index (χ1n) is 12.1. The van der Waals surface area contributed by atoms with E-state index in [1.165, 1.54) is 12.1 Å². The van der Waals surface area contributed by atoms with E-state index in [4.69, 9.17) is 15.3 Å². The third-order valence-electron chi connectivity index (χ3n) is 5.76. The summed E-state index contributed by atoms with van der Waals surface area (Å²) in [6, 6.07) is 17.5. The number of aromatic nitrogens is 1. The molecule has 0 atom stereocenters. The molecule has 0 aliphatic rings. The zero-order valence-electron chi connectivity index (χ0n) is 21.0. The summed E-state index contributed by atoms with van der Waals surface area (Å²) in [6.45, 7) is 0.260. The highest BCUT2D eigenvalue weighted by atomic mass is 19.1. The Kier molecular flexibility index (Phi) is 8.97. The minimum Gasteiger partial charge on any atom is -0.493 e. The number of nitrogens with one attached hydrogen (secondary N) is 1. The number of anilines is 1. The van der Waals surface area contributed by atoms with Crippen molar-refractivity contribution >= 4 is 17.6 Å². The van der Waals surface area contributed by atoms with E-state index in [2.05, 4.69) is 5.48 Å². The van der Waals surface area contributed by atoms with Gasteiger partial charge in [-0.05, 0) is 42.3 Å². The van der Waals surface area contributed by atoms with Crippen LogP contribution in [-0.4, -0.2) is 29.5 Å². The number of benzene rings is 3. The second-order valence-electron chi connectivity index (χ2n) is 8.61. The topological polar surface area (TPSA) is 113 Å². The number of carbonyl (C=O) groups excluding carboxylic acids is 2. The first-order valence-corrected chi connectivity index (χ1v) is 12.1. The number of rotatable bonds is 11. The van der Waals surface area contributed by atoms with Crippen LogP contribution in [0.5, 0.6) is 5.75 Å². The molecule has 1 aromatic heterocycles. The lowest BCUT2D eigenvalue weighted by Crippen LogP contribution is -2.25. The zero-order chi connectivity index (χ0) is 28.6. The van der Waals surface area contributed by atoms with Gasteiger partial charge in [0.1, 0.15) is 23.1 Å². The van der Waals surface area contributed by atoms with E-state index in [1.54, 1.807) is 12.1 Å². The van der Waals surface area contributed by atoms with Gasteiger partial charge in [0.15, 0.2) is 17.4 Å². The van der Waals surface area contributed by atoms with E-state index in [1.807, 2.05) is 18.2 Å². The highest BCUT2D eigenvalue weighted by Crippen LogP contribution is 2.26. The van der Waals surface area contributed by atoms with Crippen LogP contribution in [0, 0.1) is 17.5 Å². The van der Waals surface area contributed by atoms with Gasteiger partial charge in [0, 0.05) is 30.3 Å². The number of carbonyl (C=O) groups is 2. The molecule has 0 bridgehead atoms. The first kappa shape index (κ1) is 28.1. The molecular weight excluding hydrogens is 527 g/mol. The van der Waals surface area contributed by atoms with Crippen molar-refractivity contribution in [3.05, 3.63) is 123 Å². The molecule has 8 nitrogen and oxygen atoms in total. The Hall–Kier alpha value is -4.90. The third kappa shape index (κ3) is 6.75.